The lowest BCUT2D eigenvalue weighted by Crippen LogP contribution is -2.64. The van der Waals surface area contributed by atoms with Gasteiger partial charge in [0.15, 0.2) is 0 Å². The summed E-state index contributed by atoms with van der Waals surface area (Å²) in [5.41, 5.74) is -1.71. The van der Waals surface area contributed by atoms with Gasteiger partial charge in [0.2, 0.25) is 0 Å². The summed E-state index contributed by atoms with van der Waals surface area (Å²) in [5, 5.41) is 10.1. The Morgan fingerprint density at radius 1 is 1.33 bits per heavy atom. The molecule has 1 spiro atoms. The highest BCUT2D eigenvalue weighted by molar-refractivity contribution is 5.93. The summed E-state index contributed by atoms with van der Waals surface area (Å²) >= 11 is 0. The Bertz CT molecular complexity index is 529. The maximum absolute atomic E-state index is 13.0. The molecule has 1 N–H and O–H groups in total. The van der Waals surface area contributed by atoms with Crippen molar-refractivity contribution < 1.29 is 29.0 Å². The van der Waals surface area contributed by atoms with Gasteiger partial charge in [-0.1, -0.05) is 0 Å². The highest BCUT2D eigenvalue weighted by Gasteiger charge is 2.55. The zero-order valence-corrected chi connectivity index (χ0v) is 14.7. The fourth-order valence-corrected chi connectivity index (χ4v) is 3.36. The van der Waals surface area contributed by atoms with Crippen LogP contribution in [-0.2, 0) is 19.1 Å². The van der Waals surface area contributed by atoms with E-state index in [9.17, 15) is 19.5 Å². The summed E-state index contributed by atoms with van der Waals surface area (Å²) < 4.78 is 10.0. The van der Waals surface area contributed by atoms with Gasteiger partial charge in [0.05, 0.1) is 7.11 Å². The van der Waals surface area contributed by atoms with E-state index in [0.717, 1.165) is 4.90 Å². The molecule has 2 atom stereocenters. The molecule has 1 unspecified atom stereocenters. The Kier molecular flexibility index (Phi) is 5.08. The molecule has 2 saturated heterocycles. The number of hydrogen-bond donors (Lipinski definition) is 1. The number of carbonyl (C=O) groups is 3. The van der Waals surface area contributed by atoms with Crippen LogP contribution in [0.2, 0.25) is 0 Å². The highest BCUT2D eigenvalue weighted by Crippen LogP contribution is 2.40. The first kappa shape index (κ1) is 18.5. The molecule has 2 fully saturated rings. The number of piperidine rings is 1. The fraction of sp³-hybridized carbons (Fsp3) is 0.812. The van der Waals surface area contributed by atoms with E-state index in [0.29, 0.717) is 32.2 Å². The minimum atomic E-state index is -1.05. The summed E-state index contributed by atoms with van der Waals surface area (Å²) in [6.45, 7) is 5.39. The zero-order valence-electron chi connectivity index (χ0n) is 14.7. The van der Waals surface area contributed by atoms with Crippen LogP contribution in [0.5, 0.6) is 0 Å². The van der Waals surface area contributed by atoms with Crippen LogP contribution >= 0.6 is 0 Å². The van der Waals surface area contributed by atoms with Crippen LogP contribution in [0, 0.1) is 0 Å². The maximum Gasteiger partial charge on any atom is 0.411 e. The van der Waals surface area contributed by atoms with Crippen LogP contribution in [0.4, 0.5) is 4.79 Å². The Labute approximate surface area is 141 Å². The normalized spacial score (nSPS) is 27.5. The molecule has 2 aliphatic heterocycles. The molecule has 8 nitrogen and oxygen atoms in total. The van der Waals surface area contributed by atoms with Gasteiger partial charge in [0.25, 0.3) is 5.91 Å². The number of nitrogens with zero attached hydrogens (tertiary/aromatic N) is 2. The van der Waals surface area contributed by atoms with Gasteiger partial charge in [-0.05, 0) is 46.5 Å². The number of rotatable bonds is 2. The molecular formula is C16H26N2O6. The zero-order chi connectivity index (χ0) is 18.1. The summed E-state index contributed by atoms with van der Waals surface area (Å²) in [6, 6.07) is 0. The Hall–Kier alpha value is -1.83. The number of hydrogen-bond acceptors (Lipinski definition) is 6. The van der Waals surface area contributed by atoms with Crippen LogP contribution in [0.3, 0.4) is 0 Å². The van der Waals surface area contributed by atoms with Crippen molar-refractivity contribution in [3.8, 4) is 0 Å². The number of esters is 1. The largest absolute Gasteiger partial charge is 0.468 e. The molecule has 2 aliphatic rings. The molecule has 2 heterocycles. The predicted molar refractivity (Wildman–Crippen MR) is 83.9 cm³/mol. The van der Waals surface area contributed by atoms with Gasteiger partial charge >= 0.3 is 12.1 Å². The quantitative estimate of drug-likeness (QED) is 0.748. The van der Waals surface area contributed by atoms with Crippen molar-refractivity contribution in [3.63, 3.8) is 0 Å². The monoisotopic (exact) mass is 342 g/mol. The molecule has 2 rings (SSSR count). The highest BCUT2D eigenvalue weighted by atomic mass is 16.6. The number of carbonyl (C=O) groups excluding carboxylic acids is 3. The third-order valence-corrected chi connectivity index (χ3v) is 4.46. The van der Waals surface area contributed by atoms with E-state index in [1.54, 1.807) is 20.8 Å². The molecule has 8 heteroatoms. The van der Waals surface area contributed by atoms with E-state index in [-0.39, 0.29) is 6.54 Å². The van der Waals surface area contributed by atoms with Crippen LogP contribution in [-0.4, -0.2) is 70.4 Å². The second-order valence-electron chi connectivity index (χ2n) is 7.30. The molecule has 0 bridgehead atoms. The average Bonchev–Trinajstić information content (AvgIpc) is 2.91. The molecule has 0 radical (unpaired) electrons. The van der Waals surface area contributed by atoms with Gasteiger partial charge < -0.3 is 19.5 Å². The smallest absolute Gasteiger partial charge is 0.411 e. The summed E-state index contributed by atoms with van der Waals surface area (Å²) in [7, 11) is 1.22. The molecule has 0 aromatic carbocycles. The molecule has 0 aromatic heterocycles. The van der Waals surface area contributed by atoms with Crippen LogP contribution in [0.1, 0.15) is 46.5 Å². The van der Waals surface area contributed by atoms with E-state index in [4.69, 9.17) is 4.74 Å². The Balaban J connectivity index is 2.24. The van der Waals surface area contributed by atoms with Gasteiger partial charge in [-0.25, -0.2) is 4.79 Å². The topological polar surface area (TPSA) is 96.4 Å². The molecule has 136 valence electrons. The van der Waals surface area contributed by atoms with E-state index >= 15 is 0 Å². The van der Waals surface area contributed by atoms with Crippen molar-refractivity contribution in [2.45, 2.75) is 63.8 Å². The van der Waals surface area contributed by atoms with E-state index in [1.165, 1.54) is 12.0 Å². The number of amides is 2. The number of methoxy groups -OCH3 is 1. The minimum Gasteiger partial charge on any atom is -0.468 e. The lowest BCUT2D eigenvalue weighted by atomic mass is 9.84. The summed E-state index contributed by atoms with van der Waals surface area (Å²) in [5.74, 6) is -1.03. The van der Waals surface area contributed by atoms with Crippen LogP contribution in [0.25, 0.3) is 0 Å². The van der Waals surface area contributed by atoms with Gasteiger partial charge in [0.1, 0.15) is 23.9 Å². The molecular weight excluding hydrogens is 316 g/mol. The average molecular weight is 342 g/mol. The van der Waals surface area contributed by atoms with Gasteiger partial charge in [-0.3, -0.25) is 14.5 Å². The first-order chi connectivity index (χ1) is 11.1. The van der Waals surface area contributed by atoms with Gasteiger partial charge in [0, 0.05) is 6.54 Å². The van der Waals surface area contributed by atoms with Crippen molar-refractivity contribution in [1.82, 2.24) is 9.80 Å². The van der Waals surface area contributed by atoms with Crippen molar-refractivity contribution in [2.75, 3.05) is 20.2 Å². The third kappa shape index (κ3) is 3.48. The van der Waals surface area contributed by atoms with Crippen LogP contribution in [0.15, 0.2) is 0 Å². The van der Waals surface area contributed by atoms with Crippen LogP contribution < -0.4 is 0 Å². The van der Waals surface area contributed by atoms with Crippen molar-refractivity contribution >= 4 is 18.0 Å². The van der Waals surface area contributed by atoms with E-state index in [1.807, 2.05) is 0 Å². The predicted octanol–water partition coefficient (Wildman–Crippen LogP) is 0.870. The second-order valence-corrected chi connectivity index (χ2v) is 7.30. The Morgan fingerprint density at radius 3 is 2.58 bits per heavy atom. The van der Waals surface area contributed by atoms with Gasteiger partial charge in [-0.15, -0.1) is 0 Å². The second kappa shape index (κ2) is 6.58. The maximum atomic E-state index is 13.0. The number of aliphatic hydroxyl groups excluding tert-OH is 1. The number of aliphatic hydroxyl groups is 1. The standard InChI is InChI=1S/C16H26N2O6/c1-15(2,3)24-14(22)18-9-5-7-16(18)8-6-11(19)17(13(16)21)10-12(20)23-4/h11,19H,5-10H2,1-4H3/t11?,16-/m1/s1. The van der Waals surface area contributed by atoms with Gasteiger partial charge in [-0.2, -0.15) is 0 Å². The molecule has 0 aliphatic carbocycles. The number of ether oxygens (including phenoxy) is 2. The SMILES string of the molecule is COC(=O)CN1C(=O)[C@@]2(CCCN2C(=O)OC(C)(C)C)CCC1O. The van der Waals surface area contributed by atoms with Crippen molar-refractivity contribution in [1.29, 1.82) is 0 Å². The fourth-order valence-electron chi connectivity index (χ4n) is 3.36. The van der Waals surface area contributed by atoms with E-state index in [2.05, 4.69) is 4.74 Å². The third-order valence-electron chi connectivity index (χ3n) is 4.46. The first-order valence-corrected chi connectivity index (χ1v) is 8.17. The van der Waals surface area contributed by atoms with E-state index < -0.39 is 35.3 Å². The summed E-state index contributed by atoms with van der Waals surface area (Å²) in [6.07, 6.45) is 0.222. The first-order valence-electron chi connectivity index (χ1n) is 8.17. The Morgan fingerprint density at radius 2 is 2.00 bits per heavy atom. The molecule has 0 aromatic rings. The lowest BCUT2D eigenvalue weighted by molar-refractivity contribution is -0.169. The minimum absolute atomic E-state index is 0.294. The van der Waals surface area contributed by atoms with Crippen molar-refractivity contribution in [2.24, 2.45) is 0 Å². The molecule has 2 amide bonds. The summed E-state index contributed by atoms with van der Waals surface area (Å²) in [4.78, 5) is 39.6. The molecule has 0 saturated carbocycles. The molecule has 24 heavy (non-hydrogen) atoms. The van der Waals surface area contributed by atoms with Crippen molar-refractivity contribution in [3.05, 3.63) is 0 Å². The number of likely N-dealkylation sites (tertiary alicyclic amines) is 2. The lowest BCUT2D eigenvalue weighted by Gasteiger charge is -2.46.